The highest BCUT2D eigenvalue weighted by atomic mass is 16.4. The molecule has 0 fully saturated rings. The van der Waals surface area contributed by atoms with Gasteiger partial charge in [0.1, 0.15) is 12.3 Å². The van der Waals surface area contributed by atoms with Gasteiger partial charge in [-0.1, -0.05) is 0 Å². The van der Waals surface area contributed by atoms with Gasteiger partial charge in [0.15, 0.2) is 5.96 Å². The molecule has 0 aliphatic rings. The van der Waals surface area contributed by atoms with Crippen molar-refractivity contribution in [1.29, 1.82) is 0 Å². The molecule has 0 unspecified atom stereocenters. The minimum Gasteiger partial charge on any atom is -0.444 e. The summed E-state index contributed by atoms with van der Waals surface area (Å²) in [5.74, 6) is 2.24. The SMILES string of the molecule is CCNC(=NCc1nc(C)c(C)o1)NCCn1ccnc1. The number of rotatable bonds is 6. The smallest absolute Gasteiger partial charge is 0.216 e. The van der Waals surface area contributed by atoms with Crippen molar-refractivity contribution in [2.75, 3.05) is 13.1 Å². The molecule has 2 heterocycles. The summed E-state index contributed by atoms with van der Waals surface area (Å²) in [5.41, 5.74) is 0.915. The number of oxazole rings is 1. The number of nitrogens with zero attached hydrogens (tertiary/aromatic N) is 4. The summed E-state index contributed by atoms with van der Waals surface area (Å²) >= 11 is 0. The van der Waals surface area contributed by atoms with E-state index in [4.69, 9.17) is 4.42 Å². The van der Waals surface area contributed by atoms with Crippen LogP contribution in [0.3, 0.4) is 0 Å². The largest absolute Gasteiger partial charge is 0.444 e. The lowest BCUT2D eigenvalue weighted by molar-refractivity contribution is 0.472. The first kappa shape index (κ1) is 15.1. The molecule has 2 aromatic heterocycles. The number of aryl methyl sites for hydroxylation is 2. The van der Waals surface area contributed by atoms with E-state index in [1.165, 1.54) is 0 Å². The lowest BCUT2D eigenvalue weighted by Gasteiger charge is -2.11. The Hall–Kier alpha value is -2.31. The molecule has 114 valence electrons. The molecule has 0 spiro atoms. The van der Waals surface area contributed by atoms with Gasteiger partial charge in [-0.05, 0) is 20.8 Å². The highest BCUT2D eigenvalue weighted by molar-refractivity contribution is 5.79. The zero-order chi connectivity index (χ0) is 15.1. The summed E-state index contributed by atoms with van der Waals surface area (Å²) in [6.45, 7) is 8.71. The fraction of sp³-hybridized carbons (Fsp3) is 0.500. The monoisotopic (exact) mass is 290 g/mol. The normalized spacial score (nSPS) is 11.7. The summed E-state index contributed by atoms with van der Waals surface area (Å²) < 4.78 is 7.53. The van der Waals surface area contributed by atoms with Crippen LogP contribution >= 0.6 is 0 Å². The third-order valence-corrected chi connectivity index (χ3v) is 3.01. The molecule has 2 N–H and O–H groups in total. The molecule has 0 amide bonds. The van der Waals surface area contributed by atoms with E-state index in [-0.39, 0.29) is 0 Å². The van der Waals surface area contributed by atoms with Crippen molar-refractivity contribution in [3.8, 4) is 0 Å². The summed E-state index contributed by atoms with van der Waals surface area (Å²) in [7, 11) is 0. The second-order valence-corrected chi connectivity index (χ2v) is 4.67. The maximum Gasteiger partial charge on any atom is 0.216 e. The van der Waals surface area contributed by atoms with Crippen LogP contribution in [-0.2, 0) is 13.1 Å². The molecule has 0 aliphatic heterocycles. The first-order chi connectivity index (χ1) is 10.2. The quantitative estimate of drug-likeness (QED) is 0.618. The Morgan fingerprint density at radius 1 is 1.38 bits per heavy atom. The molecule has 0 saturated heterocycles. The van der Waals surface area contributed by atoms with E-state index in [0.29, 0.717) is 12.4 Å². The van der Waals surface area contributed by atoms with Crippen LogP contribution in [0.4, 0.5) is 0 Å². The number of aromatic nitrogens is 3. The van der Waals surface area contributed by atoms with Crippen molar-refractivity contribution in [2.24, 2.45) is 4.99 Å². The Kier molecular flexibility index (Phi) is 5.36. The first-order valence-corrected chi connectivity index (χ1v) is 7.10. The summed E-state index contributed by atoms with van der Waals surface area (Å²) in [4.78, 5) is 12.8. The van der Waals surface area contributed by atoms with E-state index < -0.39 is 0 Å². The molecule has 0 radical (unpaired) electrons. The number of nitrogens with one attached hydrogen (secondary N) is 2. The van der Waals surface area contributed by atoms with Gasteiger partial charge in [-0.15, -0.1) is 0 Å². The Morgan fingerprint density at radius 2 is 2.24 bits per heavy atom. The second kappa shape index (κ2) is 7.47. The summed E-state index contributed by atoms with van der Waals surface area (Å²) in [6, 6.07) is 0. The number of hydrogen-bond acceptors (Lipinski definition) is 4. The van der Waals surface area contributed by atoms with E-state index in [1.54, 1.807) is 12.5 Å². The highest BCUT2D eigenvalue weighted by Crippen LogP contribution is 2.08. The second-order valence-electron chi connectivity index (χ2n) is 4.67. The Balaban J connectivity index is 1.86. The van der Waals surface area contributed by atoms with E-state index in [0.717, 1.165) is 37.0 Å². The van der Waals surface area contributed by atoms with Gasteiger partial charge in [0.05, 0.1) is 12.0 Å². The minimum atomic E-state index is 0.426. The van der Waals surface area contributed by atoms with Crippen LogP contribution in [-0.4, -0.2) is 33.6 Å². The van der Waals surface area contributed by atoms with E-state index in [1.807, 2.05) is 31.5 Å². The predicted molar refractivity (Wildman–Crippen MR) is 81.0 cm³/mol. The standard InChI is InChI=1S/C14H22N6O/c1-4-16-14(17-6-8-20-7-5-15-10-20)18-9-13-19-11(2)12(3)21-13/h5,7,10H,4,6,8-9H2,1-3H3,(H2,16,17,18). The van der Waals surface area contributed by atoms with E-state index >= 15 is 0 Å². The maximum absolute atomic E-state index is 5.52. The van der Waals surface area contributed by atoms with Gasteiger partial charge in [-0.2, -0.15) is 0 Å². The van der Waals surface area contributed by atoms with E-state index in [2.05, 4.69) is 25.6 Å². The lowest BCUT2D eigenvalue weighted by atomic mass is 10.4. The topological polar surface area (TPSA) is 80.3 Å². The zero-order valence-corrected chi connectivity index (χ0v) is 12.8. The molecule has 0 saturated carbocycles. The van der Waals surface area contributed by atoms with Gasteiger partial charge in [-0.25, -0.2) is 15.0 Å². The van der Waals surface area contributed by atoms with Crippen molar-refractivity contribution in [3.05, 3.63) is 36.1 Å². The van der Waals surface area contributed by atoms with Crippen molar-refractivity contribution < 1.29 is 4.42 Å². The van der Waals surface area contributed by atoms with Gasteiger partial charge >= 0.3 is 0 Å². The van der Waals surface area contributed by atoms with Gasteiger partial charge < -0.3 is 19.6 Å². The van der Waals surface area contributed by atoms with Crippen LogP contribution in [0.25, 0.3) is 0 Å². The van der Waals surface area contributed by atoms with Crippen molar-refractivity contribution in [1.82, 2.24) is 25.2 Å². The summed E-state index contributed by atoms with van der Waals surface area (Å²) in [5, 5.41) is 6.47. The molecule has 2 aromatic rings. The third-order valence-electron chi connectivity index (χ3n) is 3.01. The fourth-order valence-electron chi connectivity index (χ4n) is 1.82. The Morgan fingerprint density at radius 3 is 2.86 bits per heavy atom. The lowest BCUT2D eigenvalue weighted by Crippen LogP contribution is -2.38. The number of guanidine groups is 1. The van der Waals surface area contributed by atoms with Crippen molar-refractivity contribution in [2.45, 2.75) is 33.9 Å². The molecular weight excluding hydrogens is 268 g/mol. The fourth-order valence-corrected chi connectivity index (χ4v) is 1.82. The number of aliphatic imine (C=N–C) groups is 1. The number of imidazole rings is 1. The van der Waals surface area contributed by atoms with E-state index in [9.17, 15) is 0 Å². The minimum absolute atomic E-state index is 0.426. The van der Waals surface area contributed by atoms with Crippen LogP contribution in [0.2, 0.25) is 0 Å². The molecule has 0 bridgehead atoms. The van der Waals surface area contributed by atoms with Crippen LogP contribution in [0.5, 0.6) is 0 Å². The average molecular weight is 290 g/mol. The van der Waals surface area contributed by atoms with Gasteiger partial charge in [-0.3, -0.25) is 0 Å². The van der Waals surface area contributed by atoms with Crippen molar-refractivity contribution >= 4 is 5.96 Å². The molecule has 21 heavy (non-hydrogen) atoms. The predicted octanol–water partition coefficient (Wildman–Crippen LogP) is 1.24. The molecule has 0 atom stereocenters. The molecule has 0 aromatic carbocycles. The number of hydrogen-bond donors (Lipinski definition) is 2. The maximum atomic E-state index is 5.52. The van der Waals surface area contributed by atoms with Gasteiger partial charge in [0.2, 0.25) is 5.89 Å². The van der Waals surface area contributed by atoms with Crippen LogP contribution in [0, 0.1) is 13.8 Å². The highest BCUT2D eigenvalue weighted by Gasteiger charge is 2.05. The molecule has 7 nitrogen and oxygen atoms in total. The Bertz CT molecular complexity index is 553. The van der Waals surface area contributed by atoms with Crippen LogP contribution < -0.4 is 10.6 Å². The molecule has 2 rings (SSSR count). The van der Waals surface area contributed by atoms with Gasteiger partial charge in [0, 0.05) is 32.0 Å². The molecule has 0 aliphatic carbocycles. The van der Waals surface area contributed by atoms with Crippen molar-refractivity contribution in [3.63, 3.8) is 0 Å². The summed E-state index contributed by atoms with van der Waals surface area (Å²) in [6.07, 6.45) is 5.50. The van der Waals surface area contributed by atoms with Gasteiger partial charge in [0.25, 0.3) is 0 Å². The average Bonchev–Trinajstić information content (AvgIpc) is 3.07. The zero-order valence-electron chi connectivity index (χ0n) is 12.8. The van der Waals surface area contributed by atoms with Crippen LogP contribution in [0.1, 0.15) is 24.3 Å². The molecular formula is C14H22N6O. The molecule has 7 heteroatoms. The van der Waals surface area contributed by atoms with Crippen LogP contribution in [0.15, 0.2) is 28.1 Å². The third kappa shape index (κ3) is 4.62. The first-order valence-electron chi connectivity index (χ1n) is 7.10. The Labute approximate surface area is 124 Å².